The number of aliphatic hydroxyl groups excluding tert-OH is 1. The lowest BCUT2D eigenvalue weighted by Crippen LogP contribution is -2.50. The molecule has 0 bridgehead atoms. The first-order chi connectivity index (χ1) is 18.2. The normalized spacial score (nSPS) is 25.2. The SMILES string of the molecule is C[C@H](Nc1cc(C(F)(F)F)c(-c2sc(C(=O)N[C@@H]3CC[C@@H]3O)nc2C(=O)N2CC(F)(F)C[C@@H]2C)cn1)C1CC1. The molecule has 14 heteroatoms. The number of halogens is 5. The molecular weight excluding hydrogens is 545 g/mol. The van der Waals surface area contributed by atoms with Gasteiger partial charge in [0.15, 0.2) is 5.01 Å². The van der Waals surface area contributed by atoms with Crippen LogP contribution in [0.15, 0.2) is 12.3 Å². The number of amides is 2. The van der Waals surface area contributed by atoms with E-state index in [2.05, 4.69) is 20.6 Å². The number of pyridine rings is 1. The summed E-state index contributed by atoms with van der Waals surface area (Å²) in [5.74, 6) is -4.57. The fourth-order valence-corrected chi connectivity index (χ4v) is 5.93. The van der Waals surface area contributed by atoms with Crippen LogP contribution in [0.2, 0.25) is 0 Å². The topological polar surface area (TPSA) is 107 Å². The number of alkyl halides is 5. The van der Waals surface area contributed by atoms with Crippen LogP contribution in [-0.2, 0) is 6.18 Å². The Kier molecular flexibility index (Phi) is 7.06. The van der Waals surface area contributed by atoms with Gasteiger partial charge in [-0.05, 0) is 51.5 Å². The summed E-state index contributed by atoms with van der Waals surface area (Å²) in [7, 11) is 0. The number of thiazole rings is 1. The molecule has 0 spiro atoms. The molecule has 2 amide bonds. The molecular formula is C25H28F5N5O3S. The quantitative estimate of drug-likeness (QED) is 0.420. The number of carbonyl (C=O) groups excluding carboxylic acids is 2. The summed E-state index contributed by atoms with van der Waals surface area (Å²) in [6, 6.07) is -0.674. The molecule has 3 heterocycles. The van der Waals surface area contributed by atoms with Crippen molar-refractivity contribution in [2.24, 2.45) is 5.92 Å². The van der Waals surface area contributed by atoms with Gasteiger partial charge in [0, 0.05) is 30.3 Å². The predicted molar refractivity (Wildman–Crippen MR) is 133 cm³/mol. The van der Waals surface area contributed by atoms with Crippen molar-refractivity contribution < 1.29 is 36.6 Å². The van der Waals surface area contributed by atoms with Gasteiger partial charge in [-0.15, -0.1) is 11.3 Å². The van der Waals surface area contributed by atoms with Crippen LogP contribution >= 0.6 is 11.3 Å². The third kappa shape index (κ3) is 5.72. The molecule has 0 aromatic carbocycles. The number of anilines is 1. The van der Waals surface area contributed by atoms with Gasteiger partial charge in [-0.2, -0.15) is 13.2 Å². The maximum Gasteiger partial charge on any atom is 0.417 e. The summed E-state index contributed by atoms with van der Waals surface area (Å²) in [5, 5.41) is 15.0. The van der Waals surface area contributed by atoms with Crippen LogP contribution in [0, 0.1) is 5.92 Å². The Hall–Kier alpha value is -2.87. The van der Waals surface area contributed by atoms with E-state index in [1.54, 1.807) is 0 Å². The van der Waals surface area contributed by atoms with Gasteiger partial charge in [-0.25, -0.2) is 18.7 Å². The van der Waals surface area contributed by atoms with Gasteiger partial charge in [0.2, 0.25) is 0 Å². The zero-order valence-electron chi connectivity index (χ0n) is 21.2. The molecule has 39 heavy (non-hydrogen) atoms. The van der Waals surface area contributed by atoms with Gasteiger partial charge in [-0.1, -0.05) is 0 Å². The number of likely N-dealkylation sites (tertiary alicyclic amines) is 1. The van der Waals surface area contributed by atoms with Crippen LogP contribution in [0.5, 0.6) is 0 Å². The first-order valence-electron chi connectivity index (χ1n) is 12.8. The number of hydrogen-bond donors (Lipinski definition) is 3. The Bertz CT molecular complexity index is 1280. The molecule has 2 saturated carbocycles. The summed E-state index contributed by atoms with van der Waals surface area (Å²) >= 11 is 0.551. The average molecular weight is 574 g/mol. The van der Waals surface area contributed by atoms with Crippen LogP contribution in [0.3, 0.4) is 0 Å². The van der Waals surface area contributed by atoms with E-state index in [9.17, 15) is 36.6 Å². The third-order valence-corrected chi connectivity index (χ3v) is 8.61. The number of rotatable bonds is 7. The second kappa shape index (κ2) is 9.95. The van der Waals surface area contributed by atoms with Gasteiger partial charge in [0.1, 0.15) is 11.5 Å². The van der Waals surface area contributed by atoms with Crippen LogP contribution < -0.4 is 10.6 Å². The van der Waals surface area contributed by atoms with E-state index >= 15 is 0 Å². The molecule has 8 nitrogen and oxygen atoms in total. The number of aliphatic hydroxyl groups is 1. The summed E-state index contributed by atoms with van der Waals surface area (Å²) in [5.41, 5.74) is -2.10. The number of nitrogens with one attached hydrogen (secondary N) is 2. The van der Waals surface area contributed by atoms with E-state index in [1.165, 1.54) is 6.92 Å². The predicted octanol–water partition coefficient (Wildman–Crippen LogP) is 4.56. The van der Waals surface area contributed by atoms with Crippen molar-refractivity contribution >= 4 is 29.0 Å². The van der Waals surface area contributed by atoms with E-state index in [0.717, 1.165) is 30.0 Å². The zero-order chi connectivity index (χ0) is 28.3. The van der Waals surface area contributed by atoms with Crippen molar-refractivity contribution in [3.8, 4) is 10.4 Å². The summed E-state index contributed by atoms with van der Waals surface area (Å²) in [6.45, 7) is 2.37. The number of carbonyl (C=O) groups is 2. The standard InChI is InChI=1S/C25H28F5N5O3S/c1-11-8-24(26,27)10-35(11)23(38)19-20(39-22(34-19)21(37)33-16-5-6-17(16)36)14-9-31-18(7-15(14)25(28,29)30)32-12(2)13-3-4-13/h7,9,11-13,16-17,36H,3-6,8,10H2,1-2H3,(H,31,32)(H,33,37)/t11-,12-,16+,17-/m0/s1. The van der Waals surface area contributed by atoms with Crippen molar-refractivity contribution in [3.63, 3.8) is 0 Å². The monoisotopic (exact) mass is 573 g/mol. The molecule has 3 aliphatic rings. The highest BCUT2D eigenvalue weighted by Gasteiger charge is 2.47. The fraction of sp³-hybridized carbons (Fsp3) is 0.600. The molecule has 4 atom stereocenters. The number of nitrogens with zero attached hydrogens (tertiary/aromatic N) is 3. The van der Waals surface area contributed by atoms with E-state index in [1.807, 2.05) is 6.92 Å². The highest BCUT2D eigenvalue weighted by atomic mass is 32.1. The van der Waals surface area contributed by atoms with Crippen LogP contribution in [0.25, 0.3) is 10.4 Å². The molecule has 3 N–H and O–H groups in total. The van der Waals surface area contributed by atoms with Crippen molar-refractivity contribution in [3.05, 3.63) is 28.5 Å². The fourth-order valence-electron chi connectivity index (χ4n) is 4.94. The van der Waals surface area contributed by atoms with Gasteiger partial charge in [0.25, 0.3) is 17.7 Å². The molecule has 2 aliphatic carbocycles. The first kappa shape index (κ1) is 27.7. The van der Waals surface area contributed by atoms with Gasteiger partial charge >= 0.3 is 6.18 Å². The van der Waals surface area contributed by atoms with Gasteiger partial charge in [0.05, 0.1) is 29.1 Å². The van der Waals surface area contributed by atoms with E-state index in [0.29, 0.717) is 30.1 Å². The average Bonchev–Trinajstić information content (AvgIpc) is 3.55. The summed E-state index contributed by atoms with van der Waals surface area (Å²) < 4.78 is 71.0. The Morgan fingerprint density at radius 2 is 1.95 bits per heavy atom. The lowest BCUT2D eigenvalue weighted by Gasteiger charge is -2.32. The minimum Gasteiger partial charge on any atom is -0.391 e. The Morgan fingerprint density at radius 3 is 2.49 bits per heavy atom. The van der Waals surface area contributed by atoms with E-state index in [4.69, 9.17) is 0 Å². The molecule has 212 valence electrons. The van der Waals surface area contributed by atoms with E-state index in [-0.39, 0.29) is 21.7 Å². The number of aromatic nitrogens is 2. The van der Waals surface area contributed by atoms with E-state index < -0.39 is 71.9 Å². The third-order valence-electron chi connectivity index (χ3n) is 7.53. The minimum absolute atomic E-state index is 0.00705. The first-order valence-corrected chi connectivity index (χ1v) is 13.6. The highest BCUT2D eigenvalue weighted by Crippen LogP contribution is 2.43. The molecule has 2 aromatic rings. The largest absolute Gasteiger partial charge is 0.417 e. The second-order valence-corrected chi connectivity index (χ2v) is 11.6. The maximum atomic E-state index is 14.3. The Balaban J connectivity index is 1.55. The Morgan fingerprint density at radius 1 is 1.23 bits per heavy atom. The molecule has 1 aliphatic heterocycles. The van der Waals surface area contributed by atoms with Crippen molar-refractivity contribution in [1.82, 2.24) is 20.2 Å². The summed E-state index contributed by atoms with van der Waals surface area (Å²) in [4.78, 5) is 35.1. The lowest BCUT2D eigenvalue weighted by molar-refractivity contribution is -0.137. The van der Waals surface area contributed by atoms with Crippen molar-refractivity contribution in [2.45, 2.75) is 82.3 Å². The van der Waals surface area contributed by atoms with Crippen LogP contribution in [0.4, 0.5) is 27.8 Å². The smallest absolute Gasteiger partial charge is 0.391 e. The van der Waals surface area contributed by atoms with Crippen LogP contribution in [-0.4, -0.2) is 68.5 Å². The molecule has 1 saturated heterocycles. The van der Waals surface area contributed by atoms with Gasteiger partial charge in [-0.3, -0.25) is 9.59 Å². The molecule has 0 radical (unpaired) electrons. The zero-order valence-corrected chi connectivity index (χ0v) is 22.0. The van der Waals surface area contributed by atoms with Crippen molar-refractivity contribution in [1.29, 1.82) is 0 Å². The maximum absolute atomic E-state index is 14.3. The van der Waals surface area contributed by atoms with Crippen LogP contribution in [0.1, 0.15) is 71.8 Å². The highest BCUT2D eigenvalue weighted by molar-refractivity contribution is 7.17. The summed E-state index contributed by atoms with van der Waals surface area (Å²) in [6.07, 6.45) is -2.31. The molecule has 2 aromatic heterocycles. The minimum atomic E-state index is -4.85. The molecule has 5 rings (SSSR count). The lowest BCUT2D eigenvalue weighted by atomic mass is 9.89. The van der Waals surface area contributed by atoms with Crippen molar-refractivity contribution in [2.75, 3.05) is 11.9 Å². The molecule has 3 fully saturated rings. The second-order valence-electron chi connectivity index (χ2n) is 10.6. The Labute approximate surface area is 225 Å². The number of hydrogen-bond acceptors (Lipinski definition) is 7. The van der Waals surface area contributed by atoms with Gasteiger partial charge < -0.3 is 20.6 Å². The molecule has 0 unspecified atom stereocenters.